The van der Waals surface area contributed by atoms with E-state index in [1.165, 1.54) is 19.2 Å². The molecular formula is C25H34N2O6S. The third kappa shape index (κ3) is 6.01. The predicted octanol–water partition coefficient (Wildman–Crippen LogP) is 3.99. The van der Waals surface area contributed by atoms with Crippen LogP contribution in [0.4, 0.5) is 0 Å². The molecule has 0 aliphatic heterocycles. The first kappa shape index (κ1) is 25.8. The summed E-state index contributed by atoms with van der Waals surface area (Å²) in [7, 11) is -0.837. The number of nitrogens with one attached hydrogen (secondary N) is 1. The van der Waals surface area contributed by atoms with Crippen LogP contribution in [-0.2, 0) is 16.6 Å². The smallest absolute Gasteiger partial charge is 0.254 e. The monoisotopic (exact) mass is 490 g/mol. The summed E-state index contributed by atoms with van der Waals surface area (Å²) in [5, 5.41) is 0. The second-order valence-corrected chi connectivity index (χ2v) is 9.89. The Morgan fingerprint density at radius 2 is 1.68 bits per heavy atom. The Labute approximate surface area is 202 Å². The average Bonchev–Trinajstić information content (AvgIpc) is 3.34. The molecule has 0 unspecified atom stereocenters. The minimum absolute atomic E-state index is 0.0217. The van der Waals surface area contributed by atoms with Crippen molar-refractivity contribution in [3.8, 4) is 17.2 Å². The Morgan fingerprint density at radius 3 is 2.29 bits per heavy atom. The number of sulfonamides is 1. The highest BCUT2D eigenvalue weighted by Crippen LogP contribution is 2.30. The molecule has 34 heavy (non-hydrogen) atoms. The molecule has 2 aromatic carbocycles. The summed E-state index contributed by atoms with van der Waals surface area (Å²) in [5.74, 6) is 1.18. The van der Waals surface area contributed by atoms with Crippen LogP contribution in [0.25, 0.3) is 0 Å². The maximum Gasteiger partial charge on any atom is 0.254 e. The molecule has 0 atom stereocenters. The fourth-order valence-electron chi connectivity index (χ4n) is 4.16. The van der Waals surface area contributed by atoms with Gasteiger partial charge in [0.2, 0.25) is 10.0 Å². The first-order valence-corrected chi connectivity index (χ1v) is 13.1. The van der Waals surface area contributed by atoms with Gasteiger partial charge in [0.25, 0.3) is 5.91 Å². The third-order valence-electron chi connectivity index (χ3n) is 5.95. The first-order chi connectivity index (χ1) is 16.3. The summed E-state index contributed by atoms with van der Waals surface area (Å²) in [6.45, 7) is 5.09. The van der Waals surface area contributed by atoms with Gasteiger partial charge in [0, 0.05) is 24.7 Å². The maximum absolute atomic E-state index is 13.3. The molecule has 8 nitrogen and oxygen atoms in total. The summed E-state index contributed by atoms with van der Waals surface area (Å²) in [5.41, 5.74) is 1.16. The zero-order chi connectivity index (χ0) is 24.7. The Balaban J connectivity index is 1.85. The van der Waals surface area contributed by atoms with Gasteiger partial charge in [0.1, 0.15) is 10.6 Å². The molecule has 1 N–H and O–H groups in total. The van der Waals surface area contributed by atoms with E-state index in [4.69, 9.17) is 14.2 Å². The molecule has 0 saturated heterocycles. The van der Waals surface area contributed by atoms with Crippen LogP contribution in [-0.4, -0.2) is 52.6 Å². The first-order valence-electron chi connectivity index (χ1n) is 11.6. The van der Waals surface area contributed by atoms with E-state index in [0.29, 0.717) is 31.2 Å². The van der Waals surface area contributed by atoms with E-state index in [1.807, 2.05) is 32.0 Å². The van der Waals surface area contributed by atoms with Gasteiger partial charge in [-0.05, 0) is 62.6 Å². The van der Waals surface area contributed by atoms with Crippen LogP contribution in [0, 0.1) is 0 Å². The van der Waals surface area contributed by atoms with Crippen LogP contribution in [0.1, 0.15) is 55.5 Å². The van der Waals surface area contributed by atoms with E-state index in [1.54, 1.807) is 18.1 Å². The fourth-order valence-corrected chi connectivity index (χ4v) is 5.66. The van der Waals surface area contributed by atoms with E-state index < -0.39 is 10.0 Å². The molecule has 1 saturated carbocycles. The SMILES string of the molecule is CCOc1ccc(CN(CC)C(=O)c2ccc(OC)c(S(=O)(=O)NC3CCCC3)c2)cc1OC. The maximum atomic E-state index is 13.3. The lowest BCUT2D eigenvalue weighted by atomic mass is 10.1. The quantitative estimate of drug-likeness (QED) is 0.512. The number of carbonyl (C=O) groups is 1. The van der Waals surface area contributed by atoms with Gasteiger partial charge in [-0.25, -0.2) is 13.1 Å². The lowest BCUT2D eigenvalue weighted by molar-refractivity contribution is 0.0752. The largest absolute Gasteiger partial charge is 0.495 e. The van der Waals surface area contributed by atoms with E-state index in [0.717, 1.165) is 31.2 Å². The molecule has 0 bridgehead atoms. The molecule has 0 radical (unpaired) electrons. The summed E-state index contributed by atoms with van der Waals surface area (Å²) in [4.78, 5) is 15.0. The van der Waals surface area contributed by atoms with E-state index >= 15 is 0 Å². The van der Waals surface area contributed by atoms with Gasteiger partial charge in [0.15, 0.2) is 11.5 Å². The van der Waals surface area contributed by atoms with Gasteiger partial charge in [-0.2, -0.15) is 0 Å². The fraction of sp³-hybridized carbons (Fsp3) is 0.480. The summed E-state index contributed by atoms with van der Waals surface area (Å²) in [6.07, 6.45) is 3.64. The summed E-state index contributed by atoms with van der Waals surface area (Å²) < 4.78 is 45.2. The normalized spacial score (nSPS) is 14.1. The minimum atomic E-state index is -3.83. The van der Waals surface area contributed by atoms with Gasteiger partial charge in [0.05, 0.1) is 20.8 Å². The molecule has 0 heterocycles. The highest BCUT2D eigenvalue weighted by Gasteiger charge is 2.27. The molecule has 3 rings (SSSR count). The van der Waals surface area contributed by atoms with Gasteiger partial charge in [-0.15, -0.1) is 0 Å². The molecule has 0 aromatic heterocycles. The number of ether oxygens (including phenoxy) is 3. The molecule has 1 fully saturated rings. The lowest BCUT2D eigenvalue weighted by Gasteiger charge is -2.22. The Hall–Kier alpha value is -2.78. The summed E-state index contributed by atoms with van der Waals surface area (Å²) >= 11 is 0. The Kier molecular flexibility index (Phi) is 8.79. The van der Waals surface area contributed by atoms with Crippen molar-refractivity contribution in [2.75, 3.05) is 27.4 Å². The molecule has 1 aliphatic carbocycles. The number of carbonyl (C=O) groups excluding carboxylic acids is 1. The van der Waals surface area contributed by atoms with Crippen LogP contribution in [0.5, 0.6) is 17.2 Å². The van der Waals surface area contributed by atoms with Crippen LogP contribution in [0.15, 0.2) is 41.3 Å². The molecule has 1 aliphatic rings. The molecular weight excluding hydrogens is 456 g/mol. The number of methoxy groups -OCH3 is 2. The topological polar surface area (TPSA) is 94.2 Å². The van der Waals surface area contributed by atoms with E-state index in [9.17, 15) is 13.2 Å². The molecule has 0 spiro atoms. The van der Waals surface area contributed by atoms with Crippen molar-refractivity contribution >= 4 is 15.9 Å². The van der Waals surface area contributed by atoms with Crippen molar-refractivity contribution in [1.82, 2.24) is 9.62 Å². The van der Waals surface area contributed by atoms with Crippen molar-refractivity contribution < 1.29 is 27.4 Å². The number of rotatable bonds is 11. The second-order valence-electron chi connectivity index (χ2n) is 8.21. The number of hydrogen-bond acceptors (Lipinski definition) is 6. The standard InChI is InChI=1S/C25H34N2O6S/c1-5-27(17-18-11-13-21(33-6-2)23(15-18)32-4)25(28)19-12-14-22(31-3)24(16-19)34(29,30)26-20-9-7-8-10-20/h11-16,20,26H,5-10,17H2,1-4H3. The highest BCUT2D eigenvalue weighted by molar-refractivity contribution is 7.89. The van der Waals surface area contributed by atoms with Gasteiger partial charge in [-0.1, -0.05) is 18.9 Å². The average molecular weight is 491 g/mol. The lowest BCUT2D eigenvalue weighted by Crippen LogP contribution is -2.33. The van der Waals surface area contributed by atoms with Gasteiger partial charge in [-0.3, -0.25) is 4.79 Å². The number of nitrogens with zero attached hydrogens (tertiary/aromatic N) is 1. The van der Waals surface area contributed by atoms with Crippen molar-refractivity contribution in [1.29, 1.82) is 0 Å². The van der Waals surface area contributed by atoms with Crippen LogP contribution >= 0.6 is 0 Å². The number of hydrogen-bond donors (Lipinski definition) is 1. The Morgan fingerprint density at radius 1 is 1.00 bits per heavy atom. The van der Waals surface area contributed by atoms with Gasteiger partial charge < -0.3 is 19.1 Å². The second kappa shape index (κ2) is 11.6. The zero-order valence-corrected chi connectivity index (χ0v) is 21.1. The highest BCUT2D eigenvalue weighted by atomic mass is 32.2. The summed E-state index contributed by atoms with van der Waals surface area (Å²) in [6, 6.07) is 10.00. The molecule has 9 heteroatoms. The van der Waals surface area contributed by atoms with Crippen LogP contribution in [0.3, 0.4) is 0 Å². The van der Waals surface area contributed by atoms with Crippen LogP contribution in [0.2, 0.25) is 0 Å². The molecule has 2 aromatic rings. The number of amides is 1. The zero-order valence-electron chi connectivity index (χ0n) is 20.3. The third-order valence-corrected chi connectivity index (χ3v) is 7.49. The van der Waals surface area contributed by atoms with Crippen LogP contribution < -0.4 is 18.9 Å². The number of benzene rings is 2. The Bertz CT molecular complexity index is 1100. The minimum Gasteiger partial charge on any atom is -0.495 e. The predicted molar refractivity (Wildman–Crippen MR) is 130 cm³/mol. The van der Waals surface area contributed by atoms with E-state index in [-0.39, 0.29) is 28.2 Å². The van der Waals surface area contributed by atoms with Crippen molar-refractivity contribution in [2.45, 2.75) is 57.0 Å². The van der Waals surface area contributed by atoms with E-state index in [2.05, 4.69) is 4.72 Å². The molecule has 1 amide bonds. The molecule has 186 valence electrons. The van der Waals surface area contributed by atoms with Crippen molar-refractivity contribution in [3.63, 3.8) is 0 Å². The van der Waals surface area contributed by atoms with Gasteiger partial charge >= 0.3 is 0 Å². The van der Waals surface area contributed by atoms with Crippen molar-refractivity contribution in [3.05, 3.63) is 47.5 Å². The van der Waals surface area contributed by atoms with Crippen molar-refractivity contribution in [2.24, 2.45) is 0 Å².